The number of para-hydroxylation sites is 2. The Bertz CT molecular complexity index is 1400. The number of rotatable bonds is 1. The number of hydrogen-bond donors (Lipinski definition) is 0. The van der Waals surface area contributed by atoms with Gasteiger partial charge in [-0.1, -0.05) is 78.5 Å². The zero-order valence-electron chi connectivity index (χ0n) is 17.1. The Morgan fingerprint density at radius 2 is 1.55 bits per heavy atom. The van der Waals surface area contributed by atoms with Crippen LogP contribution < -0.4 is 14.9 Å². The summed E-state index contributed by atoms with van der Waals surface area (Å²) in [5.41, 5.74) is 6.48. The van der Waals surface area contributed by atoms with Crippen LogP contribution in [0.4, 0.5) is 11.4 Å². The van der Waals surface area contributed by atoms with Crippen LogP contribution in [0.3, 0.4) is 0 Å². The average Bonchev–Trinajstić information content (AvgIpc) is 3.13. The van der Waals surface area contributed by atoms with E-state index in [9.17, 15) is 5.26 Å². The molecule has 0 radical (unpaired) electrons. The molecule has 2 heterocycles. The Hall–Kier alpha value is -3.12. The van der Waals surface area contributed by atoms with E-state index in [1.165, 1.54) is 21.7 Å². The molecule has 0 bridgehead atoms. The summed E-state index contributed by atoms with van der Waals surface area (Å²) in [6.07, 6.45) is -0.535. The number of fused-ring (bicyclic) bond motifs is 5. The Balaban J connectivity index is 1.77. The van der Waals surface area contributed by atoms with Gasteiger partial charge < -0.3 is 4.90 Å². The van der Waals surface area contributed by atoms with Crippen LogP contribution in [0, 0.1) is 11.3 Å². The number of benzene rings is 3. The molecule has 1 atom stereocenters. The molecule has 6 rings (SSSR count). The van der Waals surface area contributed by atoms with Crippen molar-refractivity contribution >= 4 is 40.2 Å². The zero-order valence-corrected chi connectivity index (χ0v) is 18.8. The second kappa shape index (κ2) is 6.69. The van der Waals surface area contributed by atoms with Crippen LogP contribution in [0.1, 0.15) is 17.5 Å². The van der Waals surface area contributed by atoms with Gasteiger partial charge in [0.15, 0.2) is 0 Å². The highest BCUT2D eigenvalue weighted by Crippen LogP contribution is 2.70. The van der Waals surface area contributed by atoms with Gasteiger partial charge >= 0.3 is 0 Å². The van der Waals surface area contributed by atoms with Crippen molar-refractivity contribution in [1.82, 2.24) is 0 Å². The second-order valence-electron chi connectivity index (χ2n) is 8.06. The summed E-state index contributed by atoms with van der Waals surface area (Å²) in [5.74, 6) is 0.923. The van der Waals surface area contributed by atoms with Crippen molar-refractivity contribution in [2.24, 2.45) is 0 Å². The summed E-state index contributed by atoms with van der Waals surface area (Å²) >= 11 is 6.72. The molecular weight excluding hydrogens is 417 g/mol. The lowest BCUT2D eigenvalue weighted by atomic mass is 9.86. The maximum Gasteiger partial charge on any atom is 0.136 e. The normalized spacial score (nSPS) is 21.3. The lowest BCUT2D eigenvalue weighted by Gasteiger charge is -2.44. The lowest BCUT2D eigenvalue weighted by Crippen LogP contribution is -2.34. The fourth-order valence-electron chi connectivity index (χ4n) is 5.19. The van der Waals surface area contributed by atoms with Crippen molar-refractivity contribution in [3.63, 3.8) is 0 Å². The van der Waals surface area contributed by atoms with E-state index in [1.807, 2.05) is 6.07 Å². The summed E-state index contributed by atoms with van der Waals surface area (Å²) in [6, 6.07) is 30.0. The van der Waals surface area contributed by atoms with E-state index in [4.69, 9.17) is 11.8 Å². The highest BCUT2D eigenvalue weighted by Gasteiger charge is 2.48. The molecule has 3 aromatic rings. The van der Waals surface area contributed by atoms with Crippen molar-refractivity contribution in [3.05, 3.63) is 107 Å². The molecule has 0 saturated heterocycles. The summed E-state index contributed by atoms with van der Waals surface area (Å²) in [7, 11) is 2.05. The van der Waals surface area contributed by atoms with Crippen molar-refractivity contribution in [1.29, 1.82) is 5.26 Å². The molecule has 2 aliphatic heterocycles. The first kappa shape index (κ1) is 18.6. The van der Waals surface area contributed by atoms with Crippen LogP contribution in [0.5, 0.6) is 0 Å². The predicted molar refractivity (Wildman–Crippen MR) is 132 cm³/mol. The topological polar surface area (TPSA) is 30.3 Å². The Morgan fingerprint density at radius 1 is 0.871 bits per heavy atom. The van der Waals surface area contributed by atoms with Gasteiger partial charge in [0.1, 0.15) is 17.5 Å². The lowest BCUT2D eigenvalue weighted by molar-refractivity contribution is 0.952. The van der Waals surface area contributed by atoms with Crippen LogP contribution in [0.25, 0.3) is 5.57 Å². The molecule has 0 amide bonds. The van der Waals surface area contributed by atoms with Gasteiger partial charge in [-0.3, -0.25) is 4.67 Å². The van der Waals surface area contributed by atoms with Gasteiger partial charge in [-0.15, -0.1) is 0 Å². The molecule has 150 valence electrons. The van der Waals surface area contributed by atoms with E-state index < -0.39 is 6.19 Å². The summed E-state index contributed by atoms with van der Waals surface area (Å²) in [6.45, 7) is 0. The third-order valence-corrected chi connectivity index (χ3v) is 11.5. The molecule has 31 heavy (non-hydrogen) atoms. The number of anilines is 2. The minimum atomic E-state index is -2.38. The van der Waals surface area contributed by atoms with Crippen LogP contribution >= 0.6 is 6.19 Å². The van der Waals surface area contributed by atoms with E-state index in [0.29, 0.717) is 0 Å². The number of aryl methyl sites for hydroxylation is 1. The van der Waals surface area contributed by atoms with Gasteiger partial charge in [0.2, 0.25) is 0 Å². The molecule has 3 aliphatic rings. The molecule has 0 spiro atoms. The van der Waals surface area contributed by atoms with E-state index in [-0.39, 0.29) is 0 Å². The van der Waals surface area contributed by atoms with Crippen molar-refractivity contribution in [3.8, 4) is 6.07 Å². The van der Waals surface area contributed by atoms with Gasteiger partial charge in [-0.05, 0) is 41.4 Å². The first-order valence-electron chi connectivity index (χ1n) is 10.4. The number of nitriles is 1. The van der Waals surface area contributed by atoms with E-state index in [2.05, 4.69) is 95.5 Å². The molecule has 5 heteroatoms. The van der Waals surface area contributed by atoms with E-state index in [0.717, 1.165) is 41.2 Å². The highest BCUT2D eigenvalue weighted by molar-refractivity contribution is 8.21. The van der Waals surface area contributed by atoms with Gasteiger partial charge in [-0.25, -0.2) is 0 Å². The SMILES string of the molecule is CN1C2=C(C#N)C3=C(CCc4ccccc43)P(=S)(c3ccccc3)N2c2ccccc21. The van der Waals surface area contributed by atoms with Crippen LogP contribution in [0.15, 0.2) is 95.6 Å². The summed E-state index contributed by atoms with van der Waals surface area (Å²) in [5, 5.41) is 12.9. The van der Waals surface area contributed by atoms with Crippen molar-refractivity contribution < 1.29 is 0 Å². The van der Waals surface area contributed by atoms with Crippen molar-refractivity contribution in [2.45, 2.75) is 12.8 Å². The van der Waals surface area contributed by atoms with E-state index in [1.54, 1.807) is 0 Å². The Kier molecular flexibility index (Phi) is 4.02. The first-order chi connectivity index (χ1) is 15.2. The third-order valence-electron chi connectivity index (χ3n) is 6.54. The molecule has 3 nitrogen and oxygen atoms in total. The smallest absolute Gasteiger partial charge is 0.136 e. The largest absolute Gasteiger partial charge is 0.328 e. The van der Waals surface area contributed by atoms with Gasteiger partial charge in [0.05, 0.1) is 17.6 Å². The van der Waals surface area contributed by atoms with E-state index >= 15 is 0 Å². The zero-order chi connectivity index (χ0) is 21.2. The average molecular weight is 438 g/mol. The molecule has 0 N–H and O–H groups in total. The minimum Gasteiger partial charge on any atom is -0.328 e. The number of nitrogens with zero attached hydrogens (tertiary/aromatic N) is 3. The molecular formula is C26H20N3PS. The maximum absolute atomic E-state index is 10.4. The van der Waals surface area contributed by atoms with Crippen LogP contribution in [0.2, 0.25) is 0 Å². The summed E-state index contributed by atoms with van der Waals surface area (Å²) in [4.78, 5) is 2.15. The molecule has 0 aromatic heterocycles. The Morgan fingerprint density at radius 3 is 2.32 bits per heavy atom. The highest BCUT2D eigenvalue weighted by atomic mass is 32.4. The fraction of sp³-hybridized carbons (Fsp3) is 0.115. The number of allylic oxidation sites excluding steroid dienone is 3. The molecule has 1 unspecified atom stereocenters. The Labute approximate surface area is 187 Å². The van der Waals surface area contributed by atoms with Crippen LogP contribution in [-0.4, -0.2) is 7.05 Å². The van der Waals surface area contributed by atoms with Crippen LogP contribution in [-0.2, 0) is 18.2 Å². The molecule has 1 aliphatic carbocycles. The summed E-state index contributed by atoms with van der Waals surface area (Å²) < 4.78 is 2.33. The maximum atomic E-state index is 10.4. The third kappa shape index (κ3) is 2.36. The van der Waals surface area contributed by atoms with Gasteiger partial charge in [0, 0.05) is 17.9 Å². The molecule has 0 fully saturated rings. The predicted octanol–water partition coefficient (Wildman–Crippen LogP) is 5.77. The first-order valence-corrected chi connectivity index (χ1v) is 13.2. The second-order valence-corrected chi connectivity index (χ2v) is 12.3. The molecule has 3 aromatic carbocycles. The monoisotopic (exact) mass is 437 g/mol. The van der Waals surface area contributed by atoms with Crippen molar-refractivity contribution in [2.75, 3.05) is 16.6 Å². The minimum absolute atomic E-state index is 0.734. The fourth-order valence-corrected chi connectivity index (χ4v) is 9.89. The quantitative estimate of drug-likeness (QED) is 0.452. The standard InChI is InChI=1S/C26H20N3PS/c1-28-22-13-7-8-14-23(22)29-26(28)21(17-27)25-20-12-6-5-9-18(20)15-16-24(25)30(29,31)19-10-3-2-4-11-19/h2-14H,15-16H2,1H3. The van der Waals surface area contributed by atoms with Gasteiger partial charge in [0.25, 0.3) is 0 Å². The molecule has 0 saturated carbocycles. The van der Waals surface area contributed by atoms with Gasteiger partial charge in [-0.2, -0.15) is 5.26 Å². The number of hydrogen-bond acceptors (Lipinski definition) is 3.